The van der Waals surface area contributed by atoms with E-state index in [0.717, 1.165) is 25.2 Å². The molecule has 0 unspecified atom stereocenters. The van der Waals surface area contributed by atoms with Gasteiger partial charge in [-0.15, -0.1) is 0 Å². The van der Waals surface area contributed by atoms with Crippen molar-refractivity contribution in [1.29, 1.82) is 0 Å². The first kappa shape index (κ1) is 12.0. The van der Waals surface area contributed by atoms with Gasteiger partial charge in [0.15, 0.2) is 0 Å². The van der Waals surface area contributed by atoms with Gasteiger partial charge in [-0.05, 0) is 13.8 Å². The normalized spacial score (nSPS) is 15.5. The van der Waals surface area contributed by atoms with E-state index in [9.17, 15) is 0 Å². The number of aromatic amines is 1. The van der Waals surface area contributed by atoms with Crippen molar-refractivity contribution in [1.82, 2.24) is 15.1 Å². The van der Waals surface area contributed by atoms with E-state index >= 15 is 0 Å². The van der Waals surface area contributed by atoms with Crippen LogP contribution in [0.3, 0.4) is 0 Å². The Morgan fingerprint density at radius 3 is 2.84 bits per heavy atom. The molecule has 1 aromatic carbocycles. The van der Waals surface area contributed by atoms with Crippen molar-refractivity contribution in [2.45, 2.75) is 26.8 Å². The molecule has 1 N–H and O–H groups in total. The summed E-state index contributed by atoms with van der Waals surface area (Å²) in [6.07, 6.45) is 3.22. The van der Waals surface area contributed by atoms with Gasteiger partial charge >= 0.3 is 0 Å². The fourth-order valence-electron chi connectivity index (χ4n) is 2.61. The molecule has 0 atom stereocenters. The number of nitrogens with zero attached hydrogens (tertiary/aromatic N) is 2. The Morgan fingerprint density at radius 2 is 2.11 bits per heavy atom. The molecule has 98 valence electrons. The first-order valence-electron chi connectivity index (χ1n) is 6.79. The Hall–Kier alpha value is -2.03. The highest BCUT2D eigenvalue weighted by atomic mass is 15.2. The summed E-state index contributed by atoms with van der Waals surface area (Å²) in [7, 11) is 0. The minimum Gasteiger partial charge on any atom is -0.370 e. The van der Waals surface area contributed by atoms with E-state index in [0.29, 0.717) is 0 Å². The largest absolute Gasteiger partial charge is 0.370 e. The number of allylic oxidation sites excluding steroid dienone is 2. The number of hydrogen-bond donors (Lipinski definition) is 1. The molecule has 19 heavy (non-hydrogen) atoms. The number of fused-ring (bicyclic) bond motifs is 1. The quantitative estimate of drug-likeness (QED) is 0.890. The van der Waals surface area contributed by atoms with Gasteiger partial charge in [-0.25, -0.2) is 0 Å². The Kier molecular flexibility index (Phi) is 3.11. The Labute approximate surface area is 114 Å². The molecule has 3 heteroatoms. The third-order valence-corrected chi connectivity index (χ3v) is 3.90. The average Bonchev–Trinajstić information content (AvgIpc) is 2.90. The van der Waals surface area contributed by atoms with Gasteiger partial charge in [0.2, 0.25) is 0 Å². The van der Waals surface area contributed by atoms with Gasteiger partial charge in [0.05, 0.1) is 5.69 Å². The van der Waals surface area contributed by atoms with Crippen LogP contribution in [-0.2, 0) is 13.0 Å². The van der Waals surface area contributed by atoms with E-state index in [2.05, 4.69) is 59.3 Å². The Morgan fingerprint density at radius 1 is 1.32 bits per heavy atom. The van der Waals surface area contributed by atoms with Crippen LogP contribution in [0.25, 0.3) is 11.3 Å². The lowest BCUT2D eigenvalue weighted by Gasteiger charge is -2.29. The van der Waals surface area contributed by atoms with Crippen molar-refractivity contribution in [3.05, 3.63) is 53.4 Å². The summed E-state index contributed by atoms with van der Waals surface area (Å²) in [6, 6.07) is 10.4. The molecule has 0 spiro atoms. The molecule has 2 heterocycles. The zero-order valence-electron chi connectivity index (χ0n) is 11.5. The van der Waals surface area contributed by atoms with Gasteiger partial charge in [0, 0.05) is 42.0 Å². The molecule has 0 bridgehead atoms. The number of rotatable bonds is 2. The second kappa shape index (κ2) is 4.92. The van der Waals surface area contributed by atoms with Crippen molar-refractivity contribution in [3.8, 4) is 11.3 Å². The molecule has 1 aliphatic heterocycles. The van der Waals surface area contributed by atoms with Gasteiger partial charge in [0.25, 0.3) is 0 Å². The molecule has 0 saturated heterocycles. The van der Waals surface area contributed by atoms with E-state index in [1.54, 1.807) is 0 Å². The second-order valence-corrected chi connectivity index (χ2v) is 5.00. The third kappa shape index (κ3) is 2.16. The highest BCUT2D eigenvalue weighted by molar-refractivity contribution is 5.64. The van der Waals surface area contributed by atoms with E-state index in [1.807, 2.05) is 6.07 Å². The van der Waals surface area contributed by atoms with Gasteiger partial charge < -0.3 is 4.90 Å². The minimum atomic E-state index is 0.951. The molecule has 3 nitrogen and oxygen atoms in total. The predicted octanol–water partition coefficient (Wildman–Crippen LogP) is 3.36. The van der Waals surface area contributed by atoms with E-state index in [1.165, 1.54) is 22.5 Å². The zero-order chi connectivity index (χ0) is 13.2. The van der Waals surface area contributed by atoms with Crippen LogP contribution >= 0.6 is 0 Å². The molecule has 2 aromatic rings. The standard InChI is InChI=1S/C16H19N3/c1-3-12(2)19-10-9-15-14(11-19)16(18-17-15)13-7-5-4-6-8-13/h3-8H,9-11H2,1-2H3,(H,17,18)/b12-3-. The maximum absolute atomic E-state index is 4.52. The number of hydrogen-bond acceptors (Lipinski definition) is 2. The smallest absolute Gasteiger partial charge is 0.0973 e. The molecular weight excluding hydrogens is 234 g/mol. The van der Waals surface area contributed by atoms with Crippen LogP contribution in [0.1, 0.15) is 25.1 Å². The molecule has 0 amide bonds. The van der Waals surface area contributed by atoms with Crippen LogP contribution < -0.4 is 0 Å². The van der Waals surface area contributed by atoms with Gasteiger partial charge in [-0.1, -0.05) is 36.4 Å². The number of benzene rings is 1. The van der Waals surface area contributed by atoms with Crippen LogP contribution in [0, 0.1) is 0 Å². The van der Waals surface area contributed by atoms with Crippen molar-refractivity contribution < 1.29 is 0 Å². The molecule has 0 radical (unpaired) electrons. The first-order valence-corrected chi connectivity index (χ1v) is 6.79. The number of nitrogens with one attached hydrogen (secondary N) is 1. The average molecular weight is 253 g/mol. The van der Waals surface area contributed by atoms with E-state index < -0.39 is 0 Å². The van der Waals surface area contributed by atoms with Crippen LogP contribution in [0.2, 0.25) is 0 Å². The molecular formula is C16H19N3. The summed E-state index contributed by atoms with van der Waals surface area (Å²) in [5.74, 6) is 0. The first-order chi connectivity index (χ1) is 9.29. The van der Waals surface area contributed by atoms with Crippen LogP contribution in [0.4, 0.5) is 0 Å². The zero-order valence-corrected chi connectivity index (χ0v) is 11.5. The molecule has 0 aliphatic carbocycles. The molecule has 1 aromatic heterocycles. The fourth-order valence-corrected chi connectivity index (χ4v) is 2.61. The molecule has 0 saturated carbocycles. The molecule has 0 fully saturated rings. The maximum Gasteiger partial charge on any atom is 0.0973 e. The van der Waals surface area contributed by atoms with Crippen molar-refractivity contribution >= 4 is 0 Å². The van der Waals surface area contributed by atoms with Crippen LogP contribution in [-0.4, -0.2) is 21.6 Å². The third-order valence-electron chi connectivity index (χ3n) is 3.90. The van der Waals surface area contributed by atoms with Crippen molar-refractivity contribution in [3.63, 3.8) is 0 Å². The lowest BCUT2D eigenvalue weighted by molar-refractivity contribution is 0.321. The topological polar surface area (TPSA) is 31.9 Å². The number of aromatic nitrogens is 2. The summed E-state index contributed by atoms with van der Waals surface area (Å²) in [5, 5.41) is 7.72. The van der Waals surface area contributed by atoms with Gasteiger partial charge in [-0.3, -0.25) is 5.10 Å². The summed E-state index contributed by atoms with van der Waals surface area (Å²) < 4.78 is 0. The monoisotopic (exact) mass is 253 g/mol. The van der Waals surface area contributed by atoms with Crippen molar-refractivity contribution in [2.24, 2.45) is 0 Å². The summed E-state index contributed by atoms with van der Waals surface area (Å²) in [4.78, 5) is 2.42. The lowest BCUT2D eigenvalue weighted by atomic mass is 10.0. The van der Waals surface area contributed by atoms with Gasteiger partial charge in [0.1, 0.15) is 0 Å². The number of H-pyrrole nitrogens is 1. The van der Waals surface area contributed by atoms with Crippen molar-refractivity contribution in [2.75, 3.05) is 6.54 Å². The van der Waals surface area contributed by atoms with Crippen LogP contribution in [0.15, 0.2) is 42.1 Å². The molecule has 1 aliphatic rings. The Balaban J connectivity index is 1.97. The predicted molar refractivity (Wildman–Crippen MR) is 77.6 cm³/mol. The van der Waals surface area contributed by atoms with E-state index in [4.69, 9.17) is 0 Å². The Bertz CT molecular complexity index is 596. The summed E-state index contributed by atoms with van der Waals surface area (Å²) in [6.45, 7) is 6.29. The highest BCUT2D eigenvalue weighted by Crippen LogP contribution is 2.29. The fraction of sp³-hybridized carbons (Fsp3) is 0.312. The van der Waals surface area contributed by atoms with E-state index in [-0.39, 0.29) is 0 Å². The minimum absolute atomic E-state index is 0.951. The SMILES string of the molecule is C/C=C(/C)N1CCc2[nH]nc(-c3ccccc3)c2C1. The summed E-state index contributed by atoms with van der Waals surface area (Å²) >= 11 is 0. The second-order valence-electron chi connectivity index (χ2n) is 5.00. The lowest BCUT2D eigenvalue weighted by Crippen LogP contribution is -2.28. The van der Waals surface area contributed by atoms with Gasteiger partial charge in [-0.2, -0.15) is 5.10 Å². The molecule has 3 rings (SSSR count). The highest BCUT2D eigenvalue weighted by Gasteiger charge is 2.22. The summed E-state index contributed by atoms with van der Waals surface area (Å²) in [5.41, 5.74) is 6.27. The van der Waals surface area contributed by atoms with Crippen LogP contribution in [0.5, 0.6) is 0 Å². The maximum atomic E-state index is 4.52.